The Labute approximate surface area is 109 Å². The van der Waals surface area contributed by atoms with E-state index in [0.29, 0.717) is 0 Å². The summed E-state index contributed by atoms with van der Waals surface area (Å²) in [6, 6.07) is 0. The van der Waals surface area contributed by atoms with E-state index >= 15 is 0 Å². The highest BCUT2D eigenvalue weighted by atomic mass is 30.2. The van der Waals surface area contributed by atoms with Crippen molar-refractivity contribution in [2.75, 3.05) is 0 Å². The molecule has 1 saturated heterocycles. The van der Waals surface area contributed by atoms with Crippen molar-refractivity contribution in [1.82, 2.24) is 0 Å². The monoisotopic (exact) mass is 372 g/mol. The zero-order chi connectivity index (χ0) is 15.0. The van der Waals surface area contributed by atoms with Crippen LogP contribution >= 0.6 is 0 Å². The molecule has 18 heavy (non-hydrogen) atoms. The Bertz CT molecular complexity index is 260. The average Bonchev–Trinajstić information content (AvgIpc) is 2.14. The fourth-order valence-electron chi connectivity index (χ4n) is 2.65. The molecule has 0 saturated carbocycles. The molecule has 12 heteroatoms. The Balaban J connectivity index is 3.72. The third-order valence-electron chi connectivity index (χ3n) is 5.29. The molecule has 1 fully saturated rings. The minimum atomic E-state index is -4.79. The van der Waals surface area contributed by atoms with E-state index in [1.165, 1.54) is 0 Å². The van der Waals surface area contributed by atoms with Crippen LogP contribution in [0, 0.1) is 0 Å². The molecule has 0 bridgehead atoms. The molecule has 108 valence electrons. The van der Waals surface area contributed by atoms with Gasteiger partial charge >= 0.3 is 0 Å². The van der Waals surface area contributed by atoms with E-state index in [1.807, 2.05) is 0 Å². The van der Waals surface area contributed by atoms with Crippen LogP contribution in [0.25, 0.3) is 0 Å². The van der Waals surface area contributed by atoms with Crippen molar-refractivity contribution in [3.05, 3.63) is 0 Å². The zero-order valence-corrected chi connectivity index (χ0v) is 17.3. The SMILES string of the molecule is C[Si]1(F)[Si](C)(F)[Si](C)(F)[Si](C)(F)[Si](C)(F)[Si]1(C)F. The quantitative estimate of drug-likeness (QED) is 0.345. The van der Waals surface area contributed by atoms with Gasteiger partial charge in [0.1, 0.15) is 0 Å². The van der Waals surface area contributed by atoms with E-state index < -0.39 is 44.7 Å². The second-order valence-electron chi connectivity index (χ2n) is 6.02. The maximum atomic E-state index is 14.7. The van der Waals surface area contributed by atoms with Crippen LogP contribution in [0.3, 0.4) is 0 Å². The Morgan fingerprint density at radius 3 is 0.444 bits per heavy atom. The molecule has 1 aliphatic heterocycles. The van der Waals surface area contributed by atoms with Crippen molar-refractivity contribution in [1.29, 1.82) is 0 Å². The number of rotatable bonds is 0. The summed E-state index contributed by atoms with van der Waals surface area (Å²) in [5.74, 6) is 0. The maximum absolute atomic E-state index is 14.7. The van der Waals surface area contributed by atoms with Gasteiger partial charge in [-0.05, 0) is 39.3 Å². The first-order valence-corrected chi connectivity index (χ1v) is 25.9. The highest BCUT2D eigenvalue weighted by Crippen LogP contribution is 2.54. The summed E-state index contributed by atoms with van der Waals surface area (Å²) in [6.07, 6.45) is 0. The van der Waals surface area contributed by atoms with Crippen molar-refractivity contribution in [3.63, 3.8) is 0 Å². The Kier molecular flexibility index (Phi) is 3.52. The fourth-order valence-corrected chi connectivity index (χ4v) is 168. The van der Waals surface area contributed by atoms with Crippen molar-refractivity contribution >= 4 is 44.7 Å². The van der Waals surface area contributed by atoms with Gasteiger partial charge < -0.3 is 24.6 Å². The van der Waals surface area contributed by atoms with E-state index in [4.69, 9.17) is 0 Å². The molecular formula is C6H18F6Si6. The standard InChI is InChI=1S/C6H18F6Si6/c1-13(7)14(2,8)16(4,10)18(6,12)17(5,11)15(13,3)9/h1-6H3. The highest BCUT2D eigenvalue weighted by Gasteiger charge is 2.94. The van der Waals surface area contributed by atoms with Crippen molar-refractivity contribution in [2.45, 2.75) is 39.3 Å². The molecule has 0 amide bonds. The number of halogens is 6. The largest absolute Gasteiger partial charge is 0.315 e. The van der Waals surface area contributed by atoms with Gasteiger partial charge in [0.15, 0.2) is 0 Å². The molecule has 0 nitrogen and oxygen atoms in total. The van der Waals surface area contributed by atoms with Gasteiger partial charge in [-0.25, -0.2) is 0 Å². The van der Waals surface area contributed by atoms with Gasteiger partial charge in [0, 0.05) is 0 Å². The van der Waals surface area contributed by atoms with Crippen LogP contribution < -0.4 is 0 Å². The van der Waals surface area contributed by atoms with Crippen LogP contribution in [0.2, 0.25) is 39.3 Å². The first-order chi connectivity index (χ1) is 7.50. The normalized spacial score (nSPS) is 66.0. The third-order valence-corrected chi connectivity index (χ3v) is 112. The van der Waals surface area contributed by atoms with Gasteiger partial charge in [0.2, 0.25) is 0 Å². The van der Waals surface area contributed by atoms with Gasteiger partial charge in [0.25, 0.3) is 44.7 Å². The first kappa shape index (κ1) is 16.9. The molecule has 0 aromatic heterocycles. The minimum Gasteiger partial charge on any atom is -0.315 e. The minimum absolute atomic E-state index is 0.769. The molecule has 0 aromatic carbocycles. The van der Waals surface area contributed by atoms with Crippen molar-refractivity contribution < 1.29 is 24.6 Å². The Morgan fingerprint density at radius 2 is 0.389 bits per heavy atom. The fraction of sp³-hybridized carbons (Fsp3) is 1.00. The lowest BCUT2D eigenvalue weighted by atomic mass is 11.9. The van der Waals surface area contributed by atoms with E-state index in [-0.39, 0.29) is 0 Å². The zero-order valence-electron chi connectivity index (χ0n) is 11.3. The van der Waals surface area contributed by atoms with Crippen LogP contribution in [0.1, 0.15) is 0 Å². The molecule has 0 N–H and O–H groups in total. The smallest absolute Gasteiger partial charge is 0.291 e. The average molecular weight is 373 g/mol. The summed E-state index contributed by atoms with van der Waals surface area (Å²) in [5.41, 5.74) is 0. The topological polar surface area (TPSA) is 0 Å². The van der Waals surface area contributed by atoms with E-state index in [0.717, 1.165) is 39.3 Å². The molecule has 1 rings (SSSR count). The predicted octanol–water partition coefficient (Wildman–Crippen LogP) is 3.74. The van der Waals surface area contributed by atoms with Gasteiger partial charge in [-0.15, -0.1) is 0 Å². The molecule has 1 aliphatic rings. The highest BCUT2D eigenvalue weighted by molar-refractivity contribution is 8.09. The van der Waals surface area contributed by atoms with Gasteiger partial charge in [0.05, 0.1) is 0 Å². The van der Waals surface area contributed by atoms with Gasteiger partial charge in [-0.2, -0.15) is 0 Å². The van der Waals surface area contributed by atoms with Gasteiger partial charge in [-0.3, -0.25) is 0 Å². The molecule has 0 spiro atoms. The number of hydrogen-bond acceptors (Lipinski definition) is 0. The summed E-state index contributed by atoms with van der Waals surface area (Å²) in [6.45, 7) is 4.61. The van der Waals surface area contributed by atoms with Crippen molar-refractivity contribution in [3.8, 4) is 0 Å². The molecule has 0 atom stereocenters. The summed E-state index contributed by atoms with van der Waals surface area (Å²) < 4.78 is 88.3. The van der Waals surface area contributed by atoms with E-state index in [2.05, 4.69) is 0 Å². The van der Waals surface area contributed by atoms with Crippen LogP contribution in [-0.2, 0) is 0 Å². The molecule has 0 radical (unpaired) electrons. The maximum Gasteiger partial charge on any atom is 0.291 e. The molecule has 1 heterocycles. The second kappa shape index (κ2) is 3.75. The summed E-state index contributed by atoms with van der Waals surface area (Å²) in [7, 11) is -28.8. The third kappa shape index (κ3) is 1.41. The molecule has 0 unspecified atom stereocenters. The first-order valence-electron chi connectivity index (χ1n) is 5.63. The Hall–Kier alpha value is 0.881. The van der Waals surface area contributed by atoms with Crippen LogP contribution in [0.15, 0.2) is 0 Å². The molecule has 0 aromatic rings. The van der Waals surface area contributed by atoms with Gasteiger partial charge in [-0.1, -0.05) is 0 Å². The molecule has 0 aliphatic carbocycles. The lowest BCUT2D eigenvalue weighted by Gasteiger charge is -2.55. The summed E-state index contributed by atoms with van der Waals surface area (Å²) in [5, 5.41) is 0. The molecular weight excluding hydrogens is 355 g/mol. The lowest BCUT2D eigenvalue weighted by Crippen LogP contribution is -2.98. The number of hydrogen-bond donors (Lipinski definition) is 0. The van der Waals surface area contributed by atoms with Crippen LogP contribution in [-0.4, -0.2) is 44.7 Å². The summed E-state index contributed by atoms with van der Waals surface area (Å²) in [4.78, 5) is 0. The van der Waals surface area contributed by atoms with E-state index in [1.54, 1.807) is 0 Å². The van der Waals surface area contributed by atoms with Crippen LogP contribution in [0.5, 0.6) is 0 Å². The lowest BCUT2D eigenvalue weighted by molar-refractivity contribution is 0.714. The second-order valence-corrected chi connectivity index (χ2v) is 60.9. The van der Waals surface area contributed by atoms with Crippen LogP contribution in [0.4, 0.5) is 24.6 Å². The summed E-state index contributed by atoms with van der Waals surface area (Å²) >= 11 is 0. The van der Waals surface area contributed by atoms with Crippen molar-refractivity contribution in [2.24, 2.45) is 0 Å². The predicted molar refractivity (Wildman–Crippen MR) is 76.4 cm³/mol. The van der Waals surface area contributed by atoms with E-state index in [9.17, 15) is 24.6 Å². The Morgan fingerprint density at radius 1 is 0.333 bits per heavy atom.